The smallest absolute Gasteiger partial charge is 0.404 e. The van der Waals surface area contributed by atoms with E-state index in [4.69, 9.17) is 13.8 Å². The number of carbonyl (C=O) groups excluding carboxylic acids is 1. The Balaban J connectivity index is 2.45. The van der Waals surface area contributed by atoms with E-state index >= 15 is 0 Å². The molecule has 0 unspecified atom stereocenters. The number of hydrogen-bond acceptors (Lipinski definition) is 6. The zero-order valence-corrected chi connectivity index (χ0v) is 15.8. The molecule has 0 aliphatic carbocycles. The largest absolute Gasteiger partial charge is 0.462 e. The molecule has 138 valence electrons. The maximum absolute atomic E-state index is 14.8. The van der Waals surface area contributed by atoms with E-state index in [1.807, 2.05) is 0 Å². The summed E-state index contributed by atoms with van der Waals surface area (Å²) in [5.41, 5.74) is -4.29. The molecule has 0 radical (unpaired) electrons. The van der Waals surface area contributed by atoms with Crippen LogP contribution in [-0.4, -0.2) is 25.8 Å². The number of halogens is 2. The van der Waals surface area contributed by atoms with E-state index in [9.17, 15) is 18.1 Å². The number of fused-ring (bicyclic) bond motifs is 1. The fourth-order valence-electron chi connectivity index (χ4n) is 2.23. The van der Waals surface area contributed by atoms with Gasteiger partial charge in [0.25, 0.3) is 0 Å². The molecule has 0 N–H and O–H groups in total. The first kappa shape index (κ1) is 20.0. The third kappa shape index (κ3) is 3.92. The van der Waals surface area contributed by atoms with Crippen LogP contribution in [0.15, 0.2) is 24.3 Å². The molecule has 0 aliphatic rings. The first-order valence-corrected chi connectivity index (χ1v) is 10.1. The maximum atomic E-state index is 14.8. The lowest BCUT2D eigenvalue weighted by Crippen LogP contribution is -2.18. The molecule has 9 heteroatoms. The molecular formula is C16H19F2O5PS. The van der Waals surface area contributed by atoms with Gasteiger partial charge in [-0.3, -0.25) is 4.57 Å². The van der Waals surface area contributed by atoms with Crippen LogP contribution >= 0.6 is 18.9 Å². The Kier molecular flexibility index (Phi) is 6.32. The summed E-state index contributed by atoms with van der Waals surface area (Å²) in [6, 6.07) is 5.29. The molecule has 2 aromatic rings. The molecule has 5 nitrogen and oxygen atoms in total. The highest BCUT2D eigenvalue weighted by atomic mass is 32.1. The number of benzene rings is 1. The molecule has 0 spiro atoms. The van der Waals surface area contributed by atoms with Gasteiger partial charge in [0, 0.05) is 10.3 Å². The first-order chi connectivity index (χ1) is 11.8. The van der Waals surface area contributed by atoms with Gasteiger partial charge in [-0.25, -0.2) is 4.79 Å². The number of rotatable bonds is 8. The molecule has 1 aromatic carbocycles. The average molecular weight is 392 g/mol. The monoisotopic (exact) mass is 392 g/mol. The van der Waals surface area contributed by atoms with Gasteiger partial charge in [0.1, 0.15) is 4.88 Å². The van der Waals surface area contributed by atoms with Crippen LogP contribution < -0.4 is 0 Å². The molecule has 0 saturated carbocycles. The number of thiophene rings is 1. The fourth-order valence-corrected chi connectivity index (χ4v) is 4.70. The van der Waals surface area contributed by atoms with Crippen molar-refractivity contribution in [2.45, 2.75) is 26.4 Å². The Morgan fingerprint density at radius 1 is 1.12 bits per heavy atom. The Morgan fingerprint density at radius 3 is 2.32 bits per heavy atom. The van der Waals surface area contributed by atoms with Gasteiger partial charge in [0.05, 0.1) is 19.8 Å². The van der Waals surface area contributed by atoms with E-state index < -0.39 is 24.8 Å². The Labute approximate surface area is 148 Å². The quantitative estimate of drug-likeness (QED) is 0.445. The van der Waals surface area contributed by atoms with Crippen molar-refractivity contribution >= 4 is 35.0 Å². The van der Waals surface area contributed by atoms with Crippen molar-refractivity contribution in [3.8, 4) is 0 Å². The lowest BCUT2D eigenvalue weighted by molar-refractivity contribution is 0.0362. The third-order valence-electron chi connectivity index (χ3n) is 3.28. The van der Waals surface area contributed by atoms with Gasteiger partial charge in [0.2, 0.25) is 0 Å². The predicted molar refractivity (Wildman–Crippen MR) is 92.5 cm³/mol. The van der Waals surface area contributed by atoms with E-state index in [1.165, 1.54) is 38.1 Å². The van der Waals surface area contributed by atoms with E-state index in [2.05, 4.69) is 0 Å². The third-order valence-corrected chi connectivity index (χ3v) is 6.52. The van der Waals surface area contributed by atoms with Crippen LogP contribution in [0.25, 0.3) is 10.1 Å². The second-order valence-corrected chi connectivity index (χ2v) is 8.11. The van der Waals surface area contributed by atoms with Crippen molar-refractivity contribution < 1.29 is 31.9 Å². The number of alkyl halides is 2. The molecule has 0 atom stereocenters. The summed E-state index contributed by atoms with van der Waals surface area (Å²) in [5, 5.41) is 0.435. The second kappa shape index (κ2) is 7.91. The van der Waals surface area contributed by atoms with Gasteiger partial charge in [-0.05, 0) is 44.4 Å². The Morgan fingerprint density at radius 2 is 1.76 bits per heavy atom. The van der Waals surface area contributed by atoms with Gasteiger partial charge in [0.15, 0.2) is 0 Å². The van der Waals surface area contributed by atoms with E-state index in [1.54, 1.807) is 6.92 Å². The number of carbonyl (C=O) groups is 1. The number of esters is 1. The van der Waals surface area contributed by atoms with E-state index in [0.29, 0.717) is 15.0 Å². The van der Waals surface area contributed by atoms with Crippen molar-refractivity contribution in [2.24, 2.45) is 0 Å². The van der Waals surface area contributed by atoms with Crippen LogP contribution in [0.3, 0.4) is 0 Å². The van der Waals surface area contributed by atoms with Crippen LogP contribution in [-0.2, 0) is 24.0 Å². The molecule has 1 aromatic heterocycles. The first-order valence-electron chi connectivity index (χ1n) is 7.77. The molecular weight excluding hydrogens is 373 g/mol. The van der Waals surface area contributed by atoms with Gasteiger partial charge in [-0.15, -0.1) is 11.3 Å². The second-order valence-electron chi connectivity index (χ2n) is 4.96. The SMILES string of the molecule is CCOC(=O)c1cc2cc(C(F)(F)P(=O)(OCC)OCC)ccc2s1. The molecule has 2 rings (SSSR count). The van der Waals surface area contributed by atoms with Gasteiger partial charge in [-0.2, -0.15) is 8.78 Å². The lowest BCUT2D eigenvalue weighted by Gasteiger charge is -2.26. The zero-order chi connectivity index (χ0) is 18.7. The van der Waals surface area contributed by atoms with Crippen molar-refractivity contribution in [3.05, 3.63) is 34.7 Å². The van der Waals surface area contributed by atoms with Gasteiger partial charge in [-0.1, -0.05) is 6.07 Å². The summed E-state index contributed by atoms with van der Waals surface area (Å²) < 4.78 is 57.2. The van der Waals surface area contributed by atoms with Crippen LogP contribution in [0, 0.1) is 0 Å². The lowest BCUT2D eigenvalue weighted by atomic mass is 10.1. The molecule has 0 amide bonds. The highest BCUT2D eigenvalue weighted by molar-refractivity contribution is 7.54. The molecule has 0 fully saturated rings. The minimum Gasteiger partial charge on any atom is -0.462 e. The van der Waals surface area contributed by atoms with Crippen molar-refractivity contribution in [1.82, 2.24) is 0 Å². The van der Waals surface area contributed by atoms with Gasteiger partial charge < -0.3 is 13.8 Å². The summed E-state index contributed by atoms with van der Waals surface area (Å²) in [7, 11) is -4.67. The molecule has 25 heavy (non-hydrogen) atoms. The van der Waals surface area contributed by atoms with Crippen molar-refractivity contribution in [3.63, 3.8) is 0 Å². The predicted octanol–water partition coefficient (Wildman–Crippen LogP) is 5.39. The summed E-state index contributed by atoms with van der Waals surface area (Å²) in [4.78, 5) is 12.1. The summed E-state index contributed by atoms with van der Waals surface area (Å²) >= 11 is 1.14. The van der Waals surface area contributed by atoms with Crippen LogP contribution in [0.5, 0.6) is 0 Å². The fraction of sp³-hybridized carbons (Fsp3) is 0.438. The highest BCUT2D eigenvalue weighted by Crippen LogP contribution is 2.66. The minimum atomic E-state index is -4.67. The molecule has 1 heterocycles. The van der Waals surface area contributed by atoms with Crippen molar-refractivity contribution in [1.29, 1.82) is 0 Å². The van der Waals surface area contributed by atoms with Crippen molar-refractivity contribution in [2.75, 3.05) is 19.8 Å². The van der Waals surface area contributed by atoms with Gasteiger partial charge >= 0.3 is 19.2 Å². The normalized spacial score (nSPS) is 12.5. The number of hydrogen-bond donors (Lipinski definition) is 0. The standard InChI is InChI=1S/C16H19F2O5PS/c1-4-21-15(19)14-10-11-9-12(7-8-13(11)25-14)16(17,18)24(20,22-5-2)23-6-3/h7-10H,4-6H2,1-3H3. The number of ether oxygens (including phenoxy) is 1. The summed E-state index contributed by atoms with van der Waals surface area (Å²) in [6.07, 6.45) is 0. The Bertz CT molecular complexity index is 795. The molecule has 0 aliphatic heterocycles. The summed E-state index contributed by atoms with van der Waals surface area (Å²) in [6.45, 7) is 4.51. The maximum Gasteiger partial charge on any atom is 0.404 e. The summed E-state index contributed by atoms with van der Waals surface area (Å²) in [5.74, 6) is -0.508. The highest BCUT2D eigenvalue weighted by Gasteiger charge is 2.54. The van der Waals surface area contributed by atoms with Crippen LogP contribution in [0.2, 0.25) is 0 Å². The molecule has 0 bridgehead atoms. The topological polar surface area (TPSA) is 61.8 Å². The Hall–Kier alpha value is -1.34. The zero-order valence-electron chi connectivity index (χ0n) is 14.1. The van der Waals surface area contributed by atoms with E-state index in [0.717, 1.165) is 11.3 Å². The average Bonchev–Trinajstić information content (AvgIpc) is 2.98. The molecule has 0 saturated heterocycles. The van der Waals surface area contributed by atoms with Crippen LogP contribution in [0.4, 0.5) is 8.78 Å². The van der Waals surface area contributed by atoms with Crippen LogP contribution in [0.1, 0.15) is 36.0 Å². The minimum absolute atomic E-state index is 0.166. The van der Waals surface area contributed by atoms with E-state index in [-0.39, 0.29) is 19.8 Å².